The van der Waals surface area contributed by atoms with Crippen LogP contribution in [0.5, 0.6) is 5.75 Å². The van der Waals surface area contributed by atoms with Crippen molar-refractivity contribution in [1.82, 2.24) is 15.1 Å². The van der Waals surface area contributed by atoms with Gasteiger partial charge in [-0.3, -0.25) is 0 Å². The Morgan fingerprint density at radius 2 is 1.92 bits per heavy atom. The molecule has 2 aliphatic rings. The topological polar surface area (TPSA) is 42.3 Å². The van der Waals surface area contributed by atoms with E-state index in [0.717, 1.165) is 31.1 Å². The third-order valence-corrected chi connectivity index (χ3v) is 4.74. The van der Waals surface area contributed by atoms with E-state index in [2.05, 4.69) is 20.1 Å². The van der Waals surface area contributed by atoms with Crippen LogP contribution in [0.4, 0.5) is 19.0 Å². The summed E-state index contributed by atoms with van der Waals surface area (Å²) in [7, 11) is 0. The van der Waals surface area contributed by atoms with Crippen LogP contribution in [-0.4, -0.2) is 41.3 Å². The first kappa shape index (κ1) is 16.3. The van der Waals surface area contributed by atoms with Crippen molar-refractivity contribution in [2.75, 3.05) is 24.5 Å². The van der Waals surface area contributed by atoms with E-state index in [1.165, 1.54) is 25.0 Å². The summed E-state index contributed by atoms with van der Waals surface area (Å²) in [5.41, 5.74) is 1.89. The molecule has 0 radical (unpaired) electrons. The second kappa shape index (κ2) is 5.66. The standard InChI is InChI=1S/C17H19F3N4O/c1-12-10-15(23-9-8-21-16(11-23)6-7-16)22-24(12)13-2-4-14(5-3-13)25-17(18,19)20/h2-5,10,21H,6-9,11H2,1H3. The Labute approximate surface area is 143 Å². The lowest BCUT2D eigenvalue weighted by Gasteiger charge is -2.34. The van der Waals surface area contributed by atoms with Gasteiger partial charge in [-0.1, -0.05) is 0 Å². The van der Waals surface area contributed by atoms with Gasteiger partial charge in [-0.2, -0.15) is 5.10 Å². The Balaban J connectivity index is 1.54. The van der Waals surface area contributed by atoms with Crippen molar-refractivity contribution in [3.8, 4) is 11.4 Å². The summed E-state index contributed by atoms with van der Waals surface area (Å²) in [5, 5.41) is 8.22. The maximum absolute atomic E-state index is 12.3. The predicted octanol–water partition coefficient (Wildman–Crippen LogP) is 3.02. The highest BCUT2D eigenvalue weighted by molar-refractivity contribution is 5.46. The number of rotatable bonds is 3. The lowest BCUT2D eigenvalue weighted by molar-refractivity contribution is -0.274. The molecule has 0 bridgehead atoms. The summed E-state index contributed by atoms with van der Waals surface area (Å²) in [6.07, 6.45) is -2.29. The Morgan fingerprint density at radius 3 is 2.56 bits per heavy atom. The summed E-state index contributed by atoms with van der Waals surface area (Å²) in [5.74, 6) is 0.667. The fourth-order valence-corrected chi connectivity index (χ4v) is 3.30. The lowest BCUT2D eigenvalue weighted by Crippen LogP contribution is -2.52. The van der Waals surface area contributed by atoms with Gasteiger partial charge in [0.2, 0.25) is 0 Å². The number of nitrogens with one attached hydrogen (secondary N) is 1. The first-order chi connectivity index (χ1) is 11.8. The van der Waals surface area contributed by atoms with E-state index < -0.39 is 6.36 Å². The van der Waals surface area contributed by atoms with E-state index >= 15 is 0 Å². The number of aromatic nitrogens is 2. The van der Waals surface area contributed by atoms with Gasteiger partial charge in [0.15, 0.2) is 5.82 Å². The highest BCUT2D eigenvalue weighted by Gasteiger charge is 2.45. The van der Waals surface area contributed by atoms with Crippen LogP contribution in [0.25, 0.3) is 5.69 Å². The molecular weight excluding hydrogens is 333 g/mol. The molecule has 1 aromatic heterocycles. The Morgan fingerprint density at radius 1 is 1.20 bits per heavy atom. The van der Waals surface area contributed by atoms with Crippen molar-refractivity contribution >= 4 is 5.82 Å². The van der Waals surface area contributed by atoms with Gasteiger partial charge in [0, 0.05) is 36.9 Å². The SMILES string of the molecule is Cc1cc(N2CCNC3(CC3)C2)nn1-c1ccc(OC(F)(F)F)cc1. The van der Waals surface area contributed by atoms with Crippen LogP contribution in [0.2, 0.25) is 0 Å². The highest BCUT2D eigenvalue weighted by atomic mass is 19.4. The van der Waals surface area contributed by atoms with Crippen molar-refractivity contribution in [1.29, 1.82) is 0 Å². The van der Waals surface area contributed by atoms with E-state index in [4.69, 9.17) is 0 Å². The van der Waals surface area contributed by atoms with E-state index in [-0.39, 0.29) is 11.3 Å². The van der Waals surface area contributed by atoms with Gasteiger partial charge >= 0.3 is 6.36 Å². The maximum Gasteiger partial charge on any atom is 0.573 e. The summed E-state index contributed by atoms with van der Waals surface area (Å²) in [6.45, 7) is 4.72. The zero-order valence-corrected chi connectivity index (χ0v) is 13.8. The number of nitrogens with zero attached hydrogens (tertiary/aromatic N) is 3. The largest absolute Gasteiger partial charge is 0.573 e. The molecule has 0 unspecified atom stereocenters. The first-order valence-electron chi connectivity index (χ1n) is 8.27. The molecule has 25 heavy (non-hydrogen) atoms. The number of ether oxygens (including phenoxy) is 1. The second-order valence-electron chi connectivity index (χ2n) is 6.73. The molecule has 1 N–H and O–H groups in total. The van der Waals surface area contributed by atoms with Crippen LogP contribution in [0.1, 0.15) is 18.5 Å². The van der Waals surface area contributed by atoms with Gasteiger partial charge in [0.1, 0.15) is 5.75 Å². The average Bonchev–Trinajstić information content (AvgIpc) is 3.16. The van der Waals surface area contributed by atoms with E-state index in [1.807, 2.05) is 13.0 Å². The number of halogens is 3. The fourth-order valence-electron chi connectivity index (χ4n) is 3.30. The Bertz CT molecular complexity index is 765. The van der Waals surface area contributed by atoms with Crippen LogP contribution in [0.3, 0.4) is 0 Å². The van der Waals surface area contributed by atoms with E-state index in [0.29, 0.717) is 5.69 Å². The molecule has 4 rings (SSSR count). The van der Waals surface area contributed by atoms with Gasteiger partial charge in [-0.05, 0) is 44.0 Å². The van der Waals surface area contributed by atoms with Crippen LogP contribution in [0, 0.1) is 6.92 Å². The highest BCUT2D eigenvalue weighted by Crippen LogP contribution is 2.38. The van der Waals surface area contributed by atoms with Gasteiger partial charge < -0.3 is 15.0 Å². The molecule has 1 aromatic carbocycles. The van der Waals surface area contributed by atoms with Gasteiger partial charge in [0.05, 0.1) is 5.69 Å². The number of alkyl halides is 3. The number of anilines is 1. The number of hydrogen-bond donors (Lipinski definition) is 1. The van der Waals surface area contributed by atoms with Crippen LogP contribution >= 0.6 is 0 Å². The number of piperazine rings is 1. The van der Waals surface area contributed by atoms with Crippen LogP contribution in [-0.2, 0) is 0 Å². The minimum Gasteiger partial charge on any atom is -0.406 e. The molecule has 2 aromatic rings. The summed E-state index contributed by atoms with van der Waals surface area (Å²) >= 11 is 0. The molecule has 1 spiro atoms. The molecule has 1 saturated carbocycles. The van der Waals surface area contributed by atoms with Crippen molar-refractivity contribution in [2.24, 2.45) is 0 Å². The van der Waals surface area contributed by atoms with Crippen molar-refractivity contribution in [3.63, 3.8) is 0 Å². The molecule has 5 nitrogen and oxygen atoms in total. The van der Waals surface area contributed by atoms with E-state index in [1.54, 1.807) is 16.8 Å². The molecule has 2 heterocycles. The minimum absolute atomic E-state index is 0.237. The Hall–Kier alpha value is -2.22. The summed E-state index contributed by atoms with van der Waals surface area (Å²) in [6, 6.07) is 7.76. The second-order valence-corrected chi connectivity index (χ2v) is 6.73. The number of hydrogen-bond acceptors (Lipinski definition) is 4. The summed E-state index contributed by atoms with van der Waals surface area (Å²) < 4.78 is 42.4. The molecule has 2 fully saturated rings. The van der Waals surface area contributed by atoms with Crippen molar-refractivity contribution < 1.29 is 17.9 Å². The van der Waals surface area contributed by atoms with E-state index in [9.17, 15) is 13.2 Å². The molecule has 0 atom stereocenters. The van der Waals surface area contributed by atoms with Gasteiger partial charge in [-0.15, -0.1) is 13.2 Å². The predicted molar refractivity (Wildman–Crippen MR) is 87.2 cm³/mol. The smallest absolute Gasteiger partial charge is 0.406 e. The molecule has 1 saturated heterocycles. The number of benzene rings is 1. The molecular formula is C17H19F3N4O. The third-order valence-electron chi connectivity index (χ3n) is 4.74. The average molecular weight is 352 g/mol. The molecule has 0 amide bonds. The maximum atomic E-state index is 12.3. The molecule has 1 aliphatic carbocycles. The van der Waals surface area contributed by atoms with Crippen molar-refractivity contribution in [2.45, 2.75) is 31.7 Å². The zero-order chi connectivity index (χ0) is 17.7. The minimum atomic E-state index is -4.68. The number of aryl methyl sites for hydroxylation is 1. The lowest BCUT2D eigenvalue weighted by atomic mass is 10.2. The van der Waals surface area contributed by atoms with Gasteiger partial charge in [0.25, 0.3) is 0 Å². The Kier molecular flexibility index (Phi) is 3.68. The van der Waals surface area contributed by atoms with Crippen LogP contribution in [0.15, 0.2) is 30.3 Å². The quantitative estimate of drug-likeness (QED) is 0.922. The monoisotopic (exact) mass is 352 g/mol. The normalized spacial score (nSPS) is 19.3. The van der Waals surface area contributed by atoms with Crippen LogP contribution < -0.4 is 15.0 Å². The fraction of sp³-hybridized carbons (Fsp3) is 0.471. The third kappa shape index (κ3) is 3.44. The molecule has 1 aliphatic heterocycles. The summed E-state index contributed by atoms with van der Waals surface area (Å²) in [4.78, 5) is 2.27. The van der Waals surface area contributed by atoms with Gasteiger partial charge in [-0.25, -0.2) is 4.68 Å². The zero-order valence-electron chi connectivity index (χ0n) is 13.8. The first-order valence-corrected chi connectivity index (χ1v) is 8.27. The van der Waals surface area contributed by atoms with Crippen molar-refractivity contribution in [3.05, 3.63) is 36.0 Å². The molecule has 134 valence electrons. The molecule has 8 heteroatoms.